The van der Waals surface area contributed by atoms with Gasteiger partial charge in [-0.2, -0.15) is 0 Å². The number of rotatable bonds is 4. The summed E-state index contributed by atoms with van der Waals surface area (Å²) >= 11 is 0. The number of carbonyl (C=O) groups excluding carboxylic acids is 2. The molecule has 1 aromatic heterocycles. The van der Waals surface area contributed by atoms with Gasteiger partial charge < -0.3 is 19.7 Å². The predicted octanol–water partition coefficient (Wildman–Crippen LogP) is 3.01. The molecule has 0 bridgehead atoms. The van der Waals surface area contributed by atoms with E-state index in [4.69, 9.17) is 0 Å². The van der Waals surface area contributed by atoms with Crippen molar-refractivity contribution in [3.8, 4) is 0 Å². The van der Waals surface area contributed by atoms with Crippen molar-refractivity contribution in [2.24, 2.45) is 0 Å². The number of imidazole rings is 1. The molecular formula is C21H27N5O2. The van der Waals surface area contributed by atoms with Gasteiger partial charge in [0.05, 0.1) is 30.8 Å². The Labute approximate surface area is 165 Å². The van der Waals surface area contributed by atoms with Crippen LogP contribution in [-0.4, -0.2) is 44.4 Å². The standard InChI is InChI=1S/C21H27N5O2/c1-2-16-6-8-17(9-7-16)23-21(28)25-11-4-12-26-15-22-18(19(26)14-25)13-24-10-3-5-20(24)27/h6-9,15H,2-5,10-14H2,1H3,(H,23,28). The van der Waals surface area contributed by atoms with Crippen LogP contribution in [0.1, 0.15) is 43.1 Å². The van der Waals surface area contributed by atoms with Crippen molar-refractivity contribution in [3.05, 3.63) is 47.5 Å². The average molecular weight is 381 g/mol. The number of hydrogen-bond donors (Lipinski definition) is 1. The predicted molar refractivity (Wildman–Crippen MR) is 107 cm³/mol. The minimum atomic E-state index is -0.0953. The van der Waals surface area contributed by atoms with Gasteiger partial charge in [-0.05, 0) is 37.0 Å². The summed E-state index contributed by atoms with van der Waals surface area (Å²) < 4.78 is 2.12. The van der Waals surface area contributed by atoms with Crippen LogP contribution in [0.4, 0.5) is 10.5 Å². The Morgan fingerprint density at radius 2 is 1.96 bits per heavy atom. The molecule has 2 aromatic rings. The monoisotopic (exact) mass is 381 g/mol. The van der Waals surface area contributed by atoms with Crippen LogP contribution >= 0.6 is 0 Å². The number of nitrogens with zero attached hydrogens (tertiary/aromatic N) is 4. The zero-order valence-corrected chi connectivity index (χ0v) is 16.4. The maximum Gasteiger partial charge on any atom is 0.322 e. The Balaban J connectivity index is 1.46. The lowest BCUT2D eigenvalue weighted by molar-refractivity contribution is -0.128. The minimum absolute atomic E-state index is 0.0953. The van der Waals surface area contributed by atoms with E-state index < -0.39 is 0 Å². The number of amides is 3. The molecule has 3 heterocycles. The lowest BCUT2D eigenvalue weighted by Crippen LogP contribution is -2.35. The van der Waals surface area contributed by atoms with E-state index in [0.29, 0.717) is 26.1 Å². The fraction of sp³-hybridized carbons (Fsp3) is 0.476. The Kier molecular flexibility index (Phi) is 5.32. The zero-order valence-electron chi connectivity index (χ0n) is 16.4. The van der Waals surface area contributed by atoms with Crippen molar-refractivity contribution >= 4 is 17.6 Å². The Morgan fingerprint density at radius 3 is 2.68 bits per heavy atom. The molecule has 1 aromatic carbocycles. The van der Waals surface area contributed by atoms with E-state index in [0.717, 1.165) is 49.4 Å². The maximum absolute atomic E-state index is 12.8. The van der Waals surface area contributed by atoms with E-state index in [1.54, 1.807) is 0 Å². The van der Waals surface area contributed by atoms with Gasteiger partial charge in [0.25, 0.3) is 0 Å². The van der Waals surface area contributed by atoms with Crippen molar-refractivity contribution in [2.45, 2.75) is 52.2 Å². The fourth-order valence-electron chi connectivity index (χ4n) is 3.90. The molecule has 1 N–H and O–H groups in total. The summed E-state index contributed by atoms with van der Waals surface area (Å²) in [7, 11) is 0. The van der Waals surface area contributed by atoms with Crippen molar-refractivity contribution in [1.29, 1.82) is 0 Å². The van der Waals surface area contributed by atoms with Gasteiger partial charge in [0, 0.05) is 31.7 Å². The molecule has 28 heavy (non-hydrogen) atoms. The maximum atomic E-state index is 12.8. The van der Waals surface area contributed by atoms with Crippen molar-refractivity contribution in [1.82, 2.24) is 19.4 Å². The molecule has 0 saturated carbocycles. The molecule has 148 valence electrons. The summed E-state index contributed by atoms with van der Waals surface area (Å²) in [5.41, 5.74) is 4.00. The number of nitrogens with one attached hydrogen (secondary N) is 1. The van der Waals surface area contributed by atoms with Gasteiger partial charge in [-0.15, -0.1) is 0 Å². The highest BCUT2D eigenvalue weighted by atomic mass is 16.2. The third-order valence-electron chi connectivity index (χ3n) is 5.61. The van der Waals surface area contributed by atoms with Crippen LogP contribution < -0.4 is 5.32 Å². The summed E-state index contributed by atoms with van der Waals surface area (Å²) in [6, 6.07) is 7.88. The molecule has 1 saturated heterocycles. The summed E-state index contributed by atoms with van der Waals surface area (Å²) in [4.78, 5) is 33.1. The largest absolute Gasteiger partial charge is 0.337 e. The highest BCUT2D eigenvalue weighted by Crippen LogP contribution is 2.21. The van der Waals surface area contributed by atoms with Crippen molar-refractivity contribution < 1.29 is 9.59 Å². The minimum Gasteiger partial charge on any atom is -0.337 e. The molecule has 0 aliphatic carbocycles. The van der Waals surface area contributed by atoms with Crippen LogP contribution in [0.15, 0.2) is 30.6 Å². The summed E-state index contributed by atoms with van der Waals surface area (Å²) in [5.74, 6) is 0.195. The summed E-state index contributed by atoms with van der Waals surface area (Å²) in [5, 5.41) is 3.01. The van der Waals surface area contributed by atoms with E-state index in [1.807, 2.05) is 40.4 Å². The number of anilines is 1. The van der Waals surface area contributed by atoms with E-state index >= 15 is 0 Å². The number of likely N-dealkylation sites (tertiary alicyclic amines) is 1. The first-order valence-corrected chi connectivity index (χ1v) is 10.1. The fourth-order valence-corrected chi connectivity index (χ4v) is 3.90. The van der Waals surface area contributed by atoms with Gasteiger partial charge in [0.15, 0.2) is 0 Å². The molecule has 4 rings (SSSR count). The lowest BCUT2D eigenvalue weighted by atomic mass is 10.1. The van der Waals surface area contributed by atoms with Crippen LogP contribution in [0.25, 0.3) is 0 Å². The van der Waals surface area contributed by atoms with Crippen LogP contribution in [0, 0.1) is 0 Å². The molecule has 7 nitrogen and oxygen atoms in total. The number of urea groups is 1. The number of carbonyl (C=O) groups is 2. The van der Waals surface area contributed by atoms with Crippen molar-refractivity contribution in [2.75, 3.05) is 18.4 Å². The number of benzene rings is 1. The van der Waals surface area contributed by atoms with E-state index in [1.165, 1.54) is 5.56 Å². The van der Waals surface area contributed by atoms with Gasteiger partial charge in [-0.3, -0.25) is 4.79 Å². The summed E-state index contributed by atoms with van der Waals surface area (Å²) in [6.45, 7) is 5.49. The van der Waals surface area contributed by atoms with Gasteiger partial charge in [0.2, 0.25) is 5.91 Å². The summed E-state index contributed by atoms with van der Waals surface area (Å²) in [6.07, 6.45) is 5.25. The van der Waals surface area contributed by atoms with Crippen molar-refractivity contribution in [3.63, 3.8) is 0 Å². The van der Waals surface area contributed by atoms with Crippen LogP contribution in [-0.2, 0) is 30.8 Å². The van der Waals surface area contributed by atoms with Gasteiger partial charge in [-0.1, -0.05) is 19.1 Å². The van der Waals surface area contributed by atoms with Crippen LogP contribution in [0.5, 0.6) is 0 Å². The molecule has 0 radical (unpaired) electrons. The molecule has 0 spiro atoms. The number of hydrogen-bond acceptors (Lipinski definition) is 3. The second kappa shape index (κ2) is 8.04. The Bertz CT molecular complexity index is 858. The van der Waals surface area contributed by atoms with Crippen LogP contribution in [0.3, 0.4) is 0 Å². The van der Waals surface area contributed by atoms with Crippen LogP contribution in [0.2, 0.25) is 0 Å². The first-order chi connectivity index (χ1) is 13.6. The molecule has 1 fully saturated rings. The molecule has 2 aliphatic rings. The highest BCUT2D eigenvalue weighted by Gasteiger charge is 2.26. The number of aromatic nitrogens is 2. The molecule has 2 aliphatic heterocycles. The third-order valence-corrected chi connectivity index (χ3v) is 5.61. The topological polar surface area (TPSA) is 70.5 Å². The first kappa shape index (κ1) is 18.5. The highest BCUT2D eigenvalue weighted by molar-refractivity contribution is 5.89. The lowest BCUT2D eigenvalue weighted by Gasteiger charge is -2.22. The molecular weight excluding hydrogens is 354 g/mol. The second-order valence-electron chi connectivity index (χ2n) is 7.51. The van der Waals surface area contributed by atoms with E-state index in [2.05, 4.69) is 21.8 Å². The molecule has 0 unspecified atom stereocenters. The Hall–Kier alpha value is -2.83. The quantitative estimate of drug-likeness (QED) is 0.885. The second-order valence-corrected chi connectivity index (χ2v) is 7.51. The van der Waals surface area contributed by atoms with Gasteiger partial charge >= 0.3 is 6.03 Å². The average Bonchev–Trinajstić information content (AvgIpc) is 3.21. The van der Waals surface area contributed by atoms with Gasteiger partial charge in [0.1, 0.15) is 0 Å². The zero-order chi connectivity index (χ0) is 19.5. The number of fused-ring (bicyclic) bond motifs is 1. The smallest absolute Gasteiger partial charge is 0.322 e. The van der Waals surface area contributed by atoms with E-state index in [-0.39, 0.29) is 11.9 Å². The Morgan fingerprint density at radius 1 is 1.14 bits per heavy atom. The molecule has 0 atom stereocenters. The normalized spacial score (nSPS) is 16.8. The SMILES string of the molecule is CCc1ccc(NC(=O)N2CCCn3cnc(CN4CCCC4=O)c3C2)cc1. The van der Waals surface area contributed by atoms with E-state index in [9.17, 15) is 9.59 Å². The molecule has 3 amide bonds. The van der Waals surface area contributed by atoms with Gasteiger partial charge in [-0.25, -0.2) is 9.78 Å². The first-order valence-electron chi connectivity index (χ1n) is 10.1. The number of aryl methyl sites for hydroxylation is 2. The third kappa shape index (κ3) is 3.88. The molecule has 7 heteroatoms.